The van der Waals surface area contributed by atoms with E-state index in [2.05, 4.69) is 18.5 Å². The summed E-state index contributed by atoms with van der Waals surface area (Å²) in [4.78, 5) is 34.8. The van der Waals surface area contributed by atoms with Crippen LogP contribution in [0.2, 0.25) is 0 Å². The van der Waals surface area contributed by atoms with Crippen LogP contribution in [0.15, 0.2) is 25.3 Å². The van der Waals surface area contributed by atoms with E-state index in [9.17, 15) is 14.4 Å². The summed E-state index contributed by atoms with van der Waals surface area (Å²) in [6, 6.07) is 0. The Morgan fingerprint density at radius 2 is 1.60 bits per heavy atom. The maximum Gasteiger partial charge on any atom is 0.330 e. The summed E-state index contributed by atoms with van der Waals surface area (Å²) in [6.45, 7) is 16.7. The van der Waals surface area contributed by atoms with Crippen molar-refractivity contribution in [3.05, 3.63) is 25.3 Å². The van der Waals surface area contributed by atoms with Crippen molar-refractivity contribution in [2.75, 3.05) is 33.5 Å². The molecule has 1 N–H and O–H groups in total. The molecule has 0 bridgehead atoms. The molecular formula is C22H37NO7. The van der Waals surface area contributed by atoms with Gasteiger partial charge in [-0.2, -0.15) is 0 Å². The average Bonchev–Trinajstić information content (AvgIpc) is 2.69. The zero-order valence-corrected chi connectivity index (χ0v) is 19.1. The Hall–Kier alpha value is -2.19. The summed E-state index contributed by atoms with van der Waals surface area (Å²) >= 11 is 0. The van der Waals surface area contributed by atoms with Crippen molar-refractivity contribution < 1.29 is 33.3 Å². The molecule has 0 saturated heterocycles. The van der Waals surface area contributed by atoms with Crippen LogP contribution >= 0.6 is 0 Å². The van der Waals surface area contributed by atoms with Crippen molar-refractivity contribution in [3.8, 4) is 0 Å². The minimum Gasteiger partial charge on any atom is -0.462 e. The number of carbonyl (C=O) groups excluding carboxylic acids is 3. The molecule has 0 spiro atoms. The Morgan fingerprint density at radius 1 is 1.00 bits per heavy atom. The first-order valence-electron chi connectivity index (χ1n) is 9.98. The Bertz CT molecular complexity index is 598. The second kappa shape index (κ2) is 13.2. The van der Waals surface area contributed by atoms with Crippen LogP contribution in [0.1, 0.15) is 41.0 Å². The van der Waals surface area contributed by atoms with Crippen molar-refractivity contribution in [3.63, 3.8) is 0 Å². The SMILES string of the molecule is C=CC(=O)OCC(C)CCOCC(COC(C)(C)C(=O)NC)C(C)(C)OC(=O)C=C. The molecule has 0 saturated carbocycles. The smallest absolute Gasteiger partial charge is 0.330 e. The number of ether oxygens (including phenoxy) is 4. The molecule has 2 atom stereocenters. The summed E-state index contributed by atoms with van der Waals surface area (Å²) in [7, 11) is 1.54. The number of likely N-dealkylation sites (N-methyl/N-ethyl adjacent to an activating group) is 1. The highest BCUT2D eigenvalue weighted by atomic mass is 16.6. The van der Waals surface area contributed by atoms with E-state index in [-0.39, 0.29) is 37.6 Å². The van der Waals surface area contributed by atoms with Crippen LogP contribution in [0.25, 0.3) is 0 Å². The Balaban J connectivity index is 4.86. The van der Waals surface area contributed by atoms with Gasteiger partial charge in [0.15, 0.2) is 0 Å². The molecule has 0 heterocycles. The average molecular weight is 428 g/mol. The fourth-order valence-corrected chi connectivity index (χ4v) is 2.39. The lowest BCUT2D eigenvalue weighted by Gasteiger charge is -2.35. The van der Waals surface area contributed by atoms with E-state index in [1.807, 2.05) is 6.92 Å². The number of carbonyl (C=O) groups is 3. The number of hydrogen-bond acceptors (Lipinski definition) is 7. The van der Waals surface area contributed by atoms with E-state index < -0.39 is 23.1 Å². The topological polar surface area (TPSA) is 100 Å². The zero-order valence-electron chi connectivity index (χ0n) is 19.1. The molecule has 2 unspecified atom stereocenters. The molecular weight excluding hydrogens is 390 g/mol. The summed E-state index contributed by atoms with van der Waals surface area (Å²) in [5.74, 6) is -1.48. The van der Waals surface area contributed by atoms with Gasteiger partial charge in [-0.1, -0.05) is 20.1 Å². The normalized spacial score (nSPS) is 13.7. The van der Waals surface area contributed by atoms with Crippen molar-refractivity contribution in [2.24, 2.45) is 11.8 Å². The van der Waals surface area contributed by atoms with Gasteiger partial charge >= 0.3 is 11.9 Å². The molecule has 8 nitrogen and oxygen atoms in total. The third-order valence-corrected chi connectivity index (χ3v) is 4.68. The van der Waals surface area contributed by atoms with Gasteiger partial charge in [-0.05, 0) is 40.0 Å². The maximum absolute atomic E-state index is 12.0. The summed E-state index contributed by atoms with van der Waals surface area (Å²) in [5.41, 5.74) is -1.95. The lowest BCUT2D eigenvalue weighted by atomic mass is 9.91. The molecule has 0 aliphatic heterocycles. The van der Waals surface area contributed by atoms with E-state index in [1.54, 1.807) is 27.7 Å². The van der Waals surface area contributed by atoms with Crippen LogP contribution in [0.4, 0.5) is 0 Å². The summed E-state index contributed by atoms with van der Waals surface area (Å²) in [6.07, 6.45) is 2.90. The van der Waals surface area contributed by atoms with Gasteiger partial charge in [0.1, 0.15) is 11.2 Å². The van der Waals surface area contributed by atoms with Crippen LogP contribution in [-0.2, 0) is 33.3 Å². The second-order valence-electron chi connectivity index (χ2n) is 8.13. The van der Waals surface area contributed by atoms with E-state index >= 15 is 0 Å². The highest BCUT2D eigenvalue weighted by Crippen LogP contribution is 2.25. The van der Waals surface area contributed by atoms with Gasteiger partial charge in [0, 0.05) is 31.7 Å². The molecule has 172 valence electrons. The van der Waals surface area contributed by atoms with Crippen molar-refractivity contribution >= 4 is 17.8 Å². The Kier molecular flexibility index (Phi) is 12.2. The first-order valence-corrected chi connectivity index (χ1v) is 9.98. The molecule has 0 aromatic rings. The van der Waals surface area contributed by atoms with E-state index in [0.717, 1.165) is 12.2 Å². The molecule has 0 radical (unpaired) electrons. The van der Waals surface area contributed by atoms with Crippen LogP contribution in [0.3, 0.4) is 0 Å². The maximum atomic E-state index is 12.0. The molecule has 0 aromatic heterocycles. The first-order chi connectivity index (χ1) is 13.9. The zero-order chi connectivity index (χ0) is 23.4. The van der Waals surface area contributed by atoms with Gasteiger partial charge in [0.2, 0.25) is 0 Å². The number of hydrogen-bond donors (Lipinski definition) is 1. The summed E-state index contributed by atoms with van der Waals surface area (Å²) in [5, 5.41) is 2.56. The minimum atomic E-state index is -1.05. The lowest BCUT2D eigenvalue weighted by Crippen LogP contribution is -2.47. The molecule has 0 aliphatic carbocycles. The monoisotopic (exact) mass is 427 g/mol. The van der Waals surface area contributed by atoms with Crippen molar-refractivity contribution in [1.29, 1.82) is 0 Å². The minimum absolute atomic E-state index is 0.113. The van der Waals surface area contributed by atoms with E-state index in [0.29, 0.717) is 13.0 Å². The predicted molar refractivity (Wildman–Crippen MR) is 114 cm³/mol. The number of rotatable bonds is 15. The van der Waals surface area contributed by atoms with Gasteiger partial charge in [-0.15, -0.1) is 0 Å². The predicted octanol–water partition coefficient (Wildman–Crippen LogP) is 2.42. The largest absolute Gasteiger partial charge is 0.462 e. The van der Waals surface area contributed by atoms with Gasteiger partial charge < -0.3 is 24.3 Å². The van der Waals surface area contributed by atoms with Crippen LogP contribution in [0, 0.1) is 11.8 Å². The lowest BCUT2D eigenvalue weighted by molar-refractivity contribution is -0.168. The molecule has 0 rings (SSSR count). The molecule has 30 heavy (non-hydrogen) atoms. The molecule has 0 fully saturated rings. The third kappa shape index (κ3) is 10.5. The first kappa shape index (κ1) is 27.8. The molecule has 8 heteroatoms. The van der Waals surface area contributed by atoms with Crippen LogP contribution < -0.4 is 5.32 Å². The second-order valence-corrected chi connectivity index (χ2v) is 8.13. The Morgan fingerprint density at radius 3 is 2.13 bits per heavy atom. The molecule has 0 aliphatic rings. The quantitative estimate of drug-likeness (QED) is 0.243. The van der Waals surface area contributed by atoms with Crippen LogP contribution in [0.5, 0.6) is 0 Å². The number of amides is 1. The van der Waals surface area contributed by atoms with Gasteiger partial charge in [0.25, 0.3) is 5.91 Å². The molecule has 0 aromatic carbocycles. The van der Waals surface area contributed by atoms with E-state index in [4.69, 9.17) is 18.9 Å². The highest BCUT2D eigenvalue weighted by Gasteiger charge is 2.36. The summed E-state index contributed by atoms with van der Waals surface area (Å²) < 4.78 is 22.1. The van der Waals surface area contributed by atoms with Gasteiger partial charge in [-0.25, -0.2) is 9.59 Å². The standard InChI is InChI=1S/C22H37NO7/c1-9-18(24)28-13-16(3)11-12-27-14-17(21(4,5)30-19(25)10-2)15-29-22(6,7)20(26)23-8/h9-10,16-17H,1-2,11-15H2,3-8H3,(H,23,26). The van der Waals surface area contributed by atoms with E-state index in [1.165, 1.54) is 7.05 Å². The molecule has 1 amide bonds. The fraction of sp³-hybridized carbons (Fsp3) is 0.682. The van der Waals surface area contributed by atoms with Crippen molar-refractivity contribution in [1.82, 2.24) is 5.32 Å². The fourth-order valence-electron chi connectivity index (χ4n) is 2.39. The van der Waals surface area contributed by atoms with Crippen molar-refractivity contribution in [2.45, 2.75) is 52.2 Å². The Labute approximate surface area is 180 Å². The van der Waals surface area contributed by atoms with Gasteiger partial charge in [0.05, 0.1) is 19.8 Å². The third-order valence-electron chi connectivity index (χ3n) is 4.68. The number of nitrogens with one attached hydrogen (secondary N) is 1. The highest BCUT2D eigenvalue weighted by molar-refractivity contribution is 5.84. The van der Waals surface area contributed by atoms with Gasteiger partial charge in [-0.3, -0.25) is 4.79 Å². The number of esters is 2. The van der Waals surface area contributed by atoms with Crippen LogP contribution in [-0.4, -0.2) is 62.5 Å².